The molecule has 3 nitrogen and oxygen atoms in total. The smallest absolute Gasteiger partial charge is 0.0477 e. The van der Waals surface area contributed by atoms with Crippen molar-refractivity contribution in [2.45, 2.75) is 63.6 Å². The molecule has 1 aliphatic carbocycles. The van der Waals surface area contributed by atoms with E-state index in [1.165, 1.54) is 38.8 Å². The van der Waals surface area contributed by atoms with Gasteiger partial charge in [-0.2, -0.15) is 0 Å². The van der Waals surface area contributed by atoms with Gasteiger partial charge in [-0.3, -0.25) is 4.90 Å². The van der Waals surface area contributed by atoms with Crippen molar-refractivity contribution in [3.63, 3.8) is 0 Å². The molecule has 100 valence electrons. The van der Waals surface area contributed by atoms with E-state index in [2.05, 4.69) is 24.1 Å². The zero-order chi connectivity index (χ0) is 12.3. The Kier molecular flexibility index (Phi) is 4.45. The fourth-order valence-electron chi connectivity index (χ4n) is 3.61. The average Bonchev–Trinajstić information content (AvgIpc) is 2.79. The second kappa shape index (κ2) is 5.68. The zero-order valence-electron chi connectivity index (χ0n) is 11.7. The van der Waals surface area contributed by atoms with E-state index in [4.69, 9.17) is 4.74 Å². The van der Waals surface area contributed by atoms with E-state index < -0.39 is 0 Å². The van der Waals surface area contributed by atoms with Crippen LogP contribution in [0, 0.1) is 0 Å². The van der Waals surface area contributed by atoms with Crippen molar-refractivity contribution < 1.29 is 4.74 Å². The molecule has 17 heavy (non-hydrogen) atoms. The first-order chi connectivity index (χ1) is 8.18. The second-order valence-electron chi connectivity index (χ2n) is 6.00. The van der Waals surface area contributed by atoms with Crippen LogP contribution in [0.3, 0.4) is 0 Å². The fourth-order valence-corrected chi connectivity index (χ4v) is 3.61. The van der Waals surface area contributed by atoms with Gasteiger partial charge in [0.15, 0.2) is 0 Å². The van der Waals surface area contributed by atoms with Crippen LogP contribution in [0.1, 0.15) is 46.0 Å². The maximum absolute atomic E-state index is 5.24. The number of nitrogens with one attached hydrogen (secondary N) is 1. The van der Waals surface area contributed by atoms with Crippen molar-refractivity contribution in [1.82, 2.24) is 10.2 Å². The molecule has 1 aliphatic heterocycles. The minimum absolute atomic E-state index is 0.458. The largest absolute Gasteiger partial charge is 0.385 e. The number of methoxy groups -OCH3 is 1. The van der Waals surface area contributed by atoms with E-state index in [9.17, 15) is 0 Å². The molecule has 0 radical (unpaired) electrons. The molecule has 0 bridgehead atoms. The minimum Gasteiger partial charge on any atom is -0.385 e. The van der Waals surface area contributed by atoms with Gasteiger partial charge >= 0.3 is 0 Å². The van der Waals surface area contributed by atoms with Gasteiger partial charge in [0, 0.05) is 44.4 Å². The Balaban J connectivity index is 2.03. The van der Waals surface area contributed by atoms with Gasteiger partial charge in [-0.15, -0.1) is 0 Å². The lowest BCUT2D eigenvalue weighted by atomic mass is 9.89. The first kappa shape index (κ1) is 13.3. The van der Waals surface area contributed by atoms with Crippen molar-refractivity contribution in [2.75, 3.05) is 26.8 Å². The molecule has 1 saturated heterocycles. The quantitative estimate of drug-likeness (QED) is 0.813. The molecule has 1 N–H and O–H groups in total. The molecular weight excluding hydrogens is 212 g/mol. The number of rotatable bonds is 4. The third-order valence-electron chi connectivity index (χ3n) is 4.67. The average molecular weight is 240 g/mol. The molecule has 0 aromatic rings. The lowest BCUT2D eigenvalue weighted by Crippen LogP contribution is -2.65. The number of hydrogen-bond donors (Lipinski definition) is 1. The lowest BCUT2D eigenvalue weighted by molar-refractivity contribution is 0.00339. The summed E-state index contributed by atoms with van der Waals surface area (Å²) < 4.78 is 5.24. The summed E-state index contributed by atoms with van der Waals surface area (Å²) in [5, 5.41) is 3.68. The van der Waals surface area contributed by atoms with E-state index >= 15 is 0 Å². The van der Waals surface area contributed by atoms with Crippen LogP contribution in [-0.4, -0.2) is 49.3 Å². The van der Waals surface area contributed by atoms with Crippen LogP contribution < -0.4 is 5.32 Å². The van der Waals surface area contributed by atoms with Gasteiger partial charge in [-0.1, -0.05) is 12.8 Å². The summed E-state index contributed by atoms with van der Waals surface area (Å²) in [4.78, 5) is 2.78. The highest BCUT2D eigenvalue weighted by atomic mass is 16.5. The van der Waals surface area contributed by atoms with Crippen LogP contribution in [0.2, 0.25) is 0 Å². The molecule has 1 heterocycles. The predicted molar refractivity (Wildman–Crippen MR) is 71.3 cm³/mol. The number of piperazine rings is 1. The summed E-state index contributed by atoms with van der Waals surface area (Å²) in [5.74, 6) is 0. The normalized spacial score (nSPS) is 30.9. The van der Waals surface area contributed by atoms with Gasteiger partial charge in [-0.05, 0) is 33.1 Å². The molecule has 0 aromatic heterocycles. The van der Waals surface area contributed by atoms with Gasteiger partial charge in [0.05, 0.1) is 0 Å². The molecule has 2 rings (SSSR count). The molecule has 2 unspecified atom stereocenters. The first-order valence-electron chi connectivity index (χ1n) is 7.17. The van der Waals surface area contributed by atoms with E-state index in [1.54, 1.807) is 7.11 Å². The van der Waals surface area contributed by atoms with Crippen molar-refractivity contribution in [3.05, 3.63) is 0 Å². The molecule has 2 aliphatic rings. The molecule has 1 saturated carbocycles. The van der Waals surface area contributed by atoms with Gasteiger partial charge in [0.1, 0.15) is 0 Å². The Morgan fingerprint density at radius 3 is 2.76 bits per heavy atom. The highest BCUT2D eigenvalue weighted by Crippen LogP contribution is 2.38. The van der Waals surface area contributed by atoms with Crippen molar-refractivity contribution in [3.8, 4) is 0 Å². The maximum atomic E-state index is 5.24. The Morgan fingerprint density at radius 1 is 1.41 bits per heavy atom. The molecule has 2 atom stereocenters. The van der Waals surface area contributed by atoms with Gasteiger partial charge in [0.25, 0.3) is 0 Å². The van der Waals surface area contributed by atoms with Crippen LogP contribution >= 0.6 is 0 Å². The van der Waals surface area contributed by atoms with Crippen molar-refractivity contribution in [1.29, 1.82) is 0 Å². The maximum Gasteiger partial charge on any atom is 0.0477 e. The molecule has 3 heteroatoms. The van der Waals surface area contributed by atoms with Crippen LogP contribution in [0.4, 0.5) is 0 Å². The summed E-state index contributed by atoms with van der Waals surface area (Å²) >= 11 is 0. The lowest BCUT2D eigenvalue weighted by Gasteiger charge is -2.50. The van der Waals surface area contributed by atoms with E-state index in [-0.39, 0.29) is 0 Å². The summed E-state index contributed by atoms with van der Waals surface area (Å²) in [6.07, 6.45) is 6.73. The third-order valence-corrected chi connectivity index (χ3v) is 4.67. The van der Waals surface area contributed by atoms with Crippen LogP contribution in [0.25, 0.3) is 0 Å². The number of nitrogens with zero attached hydrogens (tertiary/aromatic N) is 1. The summed E-state index contributed by atoms with van der Waals surface area (Å²) in [6.45, 7) is 7.95. The standard InChI is InChI=1S/C14H28N2O/c1-12-10-16(13(2)6-9-17-3)14(11-15-12)7-4-5-8-14/h12-13,15H,4-11H2,1-3H3. The monoisotopic (exact) mass is 240 g/mol. The first-order valence-corrected chi connectivity index (χ1v) is 7.17. The molecule has 1 spiro atoms. The van der Waals surface area contributed by atoms with Gasteiger partial charge < -0.3 is 10.1 Å². The van der Waals surface area contributed by atoms with Crippen LogP contribution in [0.5, 0.6) is 0 Å². The summed E-state index contributed by atoms with van der Waals surface area (Å²) in [6, 6.07) is 1.28. The summed E-state index contributed by atoms with van der Waals surface area (Å²) in [7, 11) is 1.80. The Bertz CT molecular complexity index is 238. The highest BCUT2D eigenvalue weighted by molar-refractivity contribution is 5.02. The number of ether oxygens (including phenoxy) is 1. The van der Waals surface area contributed by atoms with Crippen LogP contribution in [-0.2, 0) is 4.74 Å². The van der Waals surface area contributed by atoms with Crippen molar-refractivity contribution >= 4 is 0 Å². The SMILES string of the molecule is COCCC(C)N1CC(C)NCC12CCCC2. The molecular formula is C14H28N2O. The van der Waals surface area contributed by atoms with Gasteiger partial charge in [0.2, 0.25) is 0 Å². The van der Waals surface area contributed by atoms with Crippen LogP contribution in [0.15, 0.2) is 0 Å². The Hall–Kier alpha value is -0.120. The zero-order valence-corrected chi connectivity index (χ0v) is 11.7. The van der Waals surface area contributed by atoms with Gasteiger partial charge in [-0.25, -0.2) is 0 Å². The summed E-state index contributed by atoms with van der Waals surface area (Å²) in [5.41, 5.74) is 0.458. The molecule has 2 fully saturated rings. The third kappa shape index (κ3) is 2.83. The molecule has 0 amide bonds. The van der Waals surface area contributed by atoms with Crippen molar-refractivity contribution in [2.24, 2.45) is 0 Å². The Morgan fingerprint density at radius 2 is 2.12 bits per heavy atom. The van der Waals surface area contributed by atoms with E-state index in [1.807, 2.05) is 0 Å². The Labute approximate surface area is 106 Å². The van der Waals surface area contributed by atoms with E-state index in [0.29, 0.717) is 17.6 Å². The molecule has 0 aromatic carbocycles. The minimum atomic E-state index is 0.458. The number of hydrogen-bond acceptors (Lipinski definition) is 3. The second-order valence-corrected chi connectivity index (χ2v) is 6.00. The van der Waals surface area contributed by atoms with E-state index in [0.717, 1.165) is 13.0 Å². The topological polar surface area (TPSA) is 24.5 Å². The predicted octanol–water partition coefficient (Wildman–Crippen LogP) is 2.02. The fraction of sp³-hybridized carbons (Fsp3) is 1.00. The highest BCUT2D eigenvalue weighted by Gasteiger charge is 2.44.